The molecule has 1 aromatic rings. The van der Waals surface area contributed by atoms with Crippen molar-refractivity contribution in [2.24, 2.45) is 0 Å². The van der Waals surface area contributed by atoms with Crippen LogP contribution in [-0.4, -0.2) is 61.5 Å². The molecule has 0 aliphatic heterocycles. The Morgan fingerprint density at radius 1 is 1.40 bits per heavy atom. The Kier molecular flexibility index (Phi) is 5.98. The maximum atomic E-state index is 11.9. The molecule has 0 bridgehead atoms. The summed E-state index contributed by atoms with van der Waals surface area (Å²) in [4.78, 5) is 24.8. The number of nitrogens with zero attached hydrogens (tertiary/aromatic N) is 2. The van der Waals surface area contributed by atoms with Crippen molar-refractivity contribution < 1.29 is 19.1 Å². The van der Waals surface area contributed by atoms with Crippen LogP contribution in [0.1, 0.15) is 22.5 Å². The van der Waals surface area contributed by atoms with Crippen LogP contribution in [0.4, 0.5) is 10.6 Å². The van der Waals surface area contributed by atoms with Gasteiger partial charge in [-0.05, 0) is 13.3 Å². The minimum Gasteiger partial charge on any atom is -0.464 e. The summed E-state index contributed by atoms with van der Waals surface area (Å²) in [5.41, 5.74) is 0.764. The van der Waals surface area contributed by atoms with E-state index in [4.69, 9.17) is 4.74 Å². The Morgan fingerprint density at radius 3 is 2.70 bits per heavy atom. The number of aromatic amines is 1. The largest absolute Gasteiger partial charge is 0.464 e. The highest BCUT2D eigenvalue weighted by atomic mass is 16.5. The molecule has 1 aromatic heterocycles. The number of anilines is 1. The van der Waals surface area contributed by atoms with E-state index < -0.39 is 5.97 Å². The monoisotopic (exact) mass is 284 g/mol. The first kappa shape index (κ1) is 16.0. The molecule has 1 rings (SSSR count). The molecule has 8 nitrogen and oxygen atoms in total. The summed E-state index contributed by atoms with van der Waals surface area (Å²) < 4.78 is 9.53. The Bertz CT molecular complexity index is 472. The molecule has 0 unspecified atom stereocenters. The molecule has 8 heteroatoms. The summed E-state index contributed by atoms with van der Waals surface area (Å²) in [6, 6.07) is -0.299. The molecule has 0 radical (unpaired) electrons. The summed E-state index contributed by atoms with van der Waals surface area (Å²) in [5, 5.41) is 9.07. The number of esters is 1. The van der Waals surface area contributed by atoms with Gasteiger partial charge in [0.15, 0.2) is 5.82 Å². The Hall–Kier alpha value is -2.09. The minimum atomic E-state index is -0.524. The van der Waals surface area contributed by atoms with Crippen molar-refractivity contribution >= 4 is 17.8 Å². The van der Waals surface area contributed by atoms with Gasteiger partial charge in [0.05, 0.1) is 7.11 Å². The molecule has 0 aliphatic carbocycles. The number of rotatable bonds is 6. The minimum absolute atomic E-state index is 0.227. The Labute approximate surface area is 117 Å². The third-order valence-electron chi connectivity index (χ3n) is 2.81. The predicted molar refractivity (Wildman–Crippen MR) is 72.8 cm³/mol. The van der Waals surface area contributed by atoms with E-state index in [1.807, 2.05) is 0 Å². The van der Waals surface area contributed by atoms with E-state index in [9.17, 15) is 9.59 Å². The molecule has 0 saturated heterocycles. The second-order valence-corrected chi connectivity index (χ2v) is 4.26. The van der Waals surface area contributed by atoms with Crippen molar-refractivity contribution in [3.63, 3.8) is 0 Å². The smallest absolute Gasteiger partial charge is 0.356 e. The number of methoxy groups -OCH3 is 2. The van der Waals surface area contributed by atoms with Gasteiger partial charge in [-0.25, -0.2) is 9.59 Å². The summed E-state index contributed by atoms with van der Waals surface area (Å²) in [5.74, 6) is -0.210. The van der Waals surface area contributed by atoms with E-state index >= 15 is 0 Å². The fraction of sp³-hybridized carbons (Fsp3) is 0.583. The topological polar surface area (TPSA) is 96.5 Å². The standard InChI is InChI=1S/C12H20N4O4/c1-8-9(11(17)20-4)14-15-10(8)13-12(18)16(2)6-5-7-19-3/h5-7H2,1-4H3,(H2,13,14,15,18). The van der Waals surface area contributed by atoms with Crippen molar-refractivity contribution in [3.8, 4) is 0 Å². The number of aromatic nitrogens is 2. The average Bonchev–Trinajstić information content (AvgIpc) is 2.79. The average molecular weight is 284 g/mol. The lowest BCUT2D eigenvalue weighted by molar-refractivity contribution is 0.0593. The van der Waals surface area contributed by atoms with Gasteiger partial charge in [0.2, 0.25) is 0 Å². The number of carbonyl (C=O) groups excluding carboxylic acids is 2. The molecule has 0 aliphatic rings. The maximum absolute atomic E-state index is 11.9. The van der Waals surface area contributed by atoms with Crippen molar-refractivity contribution in [1.29, 1.82) is 0 Å². The molecule has 0 fully saturated rings. The van der Waals surface area contributed by atoms with Gasteiger partial charge >= 0.3 is 12.0 Å². The van der Waals surface area contributed by atoms with E-state index in [0.29, 0.717) is 24.5 Å². The maximum Gasteiger partial charge on any atom is 0.356 e. The first-order chi connectivity index (χ1) is 9.51. The van der Waals surface area contributed by atoms with Gasteiger partial charge in [0, 0.05) is 32.9 Å². The number of hydrogen-bond acceptors (Lipinski definition) is 5. The van der Waals surface area contributed by atoms with Gasteiger partial charge in [-0.2, -0.15) is 5.10 Å². The zero-order valence-electron chi connectivity index (χ0n) is 12.1. The normalized spacial score (nSPS) is 10.2. The van der Waals surface area contributed by atoms with Gasteiger partial charge in [0.25, 0.3) is 0 Å². The zero-order valence-corrected chi connectivity index (χ0v) is 12.1. The number of urea groups is 1. The Balaban J connectivity index is 2.62. The van der Waals surface area contributed by atoms with Gasteiger partial charge in [0.1, 0.15) is 5.69 Å². The molecule has 0 spiro atoms. The molecule has 20 heavy (non-hydrogen) atoms. The van der Waals surface area contributed by atoms with Crippen molar-refractivity contribution in [2.45, 2.75) is 13.3 Å². The van der Waals surface area contributed by atoms with Crippen molar-refractivity contribution in [3.05, 3.63) is 11.3 Å². The highest BCUT2D eigenvalue weighted by Crippen LogP contribution is 2.16. The molecule has 0 atom stereocenters. The van der Waals surface area contributed by atoms with Gasteiger partial charge in [-0.15, -0.1) is 0 Å². The second kappa shape index (κ2) is 7.49. The van der Waals surface area contributed by atoms with E-state index in [1.54, 1.807) is 21.1 Å². The zero-order chi connectivity index (χ0) is 15.1. The summed E-state index contributed by atoms with van der Waals surface area (Å²) in [6.45, 7) is 2.83. The first-order valence-corrected chi connectivity index (χ1v) is 6.15. The van der Waals surface area contributed by atoms with Crippen LogP contribution in [0.25, 0.3) is 0 Å². The van der Waals surface area contributed by atoms with Crippen molar-refractivity contribution in [2.75, 3.05) is 39.7 Å². The predicted octanol–water partition coefficient (Wildman–Crippen LogP) is 1.00. The fourth-order valence-electron chi connectivity index (χ4n) is 1.56. The molecular weight excluding hydrogens is 264 g/mol. The lowest BCUT2D eigenvalue weighted by Crippen LogP contribution is -2.32. The lowest BCUT2D eigenvalue weighted by atomic mass is 10.2. The highest BCUT2D eigenvalue weighted by Gasteiger charge is 2.18. The number of hydrogen-bond donors (Lipinski definition) is 2. The molecular formula is C12H20N4O4. The lowest BCUT2D eigenvalue weighted by Gasteiger charge is -2.17. The van der Waals surface area contributed by atoms with Crippen LogP contribution in [0.2, 0.25) is 0 Å². The highest BCUT2D eigenvalue weighted by molar-refractivity contribution is 5.94. The van der Waals surface area contributed by atoms with E-state index in [0.717, 1.165) is 6.42 Å². The van der Waals surface area contributed by atoms with Crippen LogP contribution in [0, 0.1) is 6.92 Å². The van der Waals surface area contributed by atoms with Crippen LogP contribution in [-0.2, 0) is 9.47 Å². The first-order valence-electron chi connectivity index (χ1n) is 6.15. The number of nitrogens with one attached hydrogen (secondary N) is 2. The second-order valence-electron chi connectivity index (χ2n) is 4.26. The van der Waals surface area contributed by atoms with Crippen LogP contribution in [0.5, 0.6) is 0 Å². The van der Waals surface area contributed by atoms with E-state index in [-0.39, 0.29) is 11.7 Å². The quantitative estimate of drug-likeness (QED) is 0.600. The summed E-state index contributed by atoms with van der Waals surface area (Å²) in [7, 11) is 4.57. The molecule has 112 valence electrons. The summed E-state index contributed by atoms with van der Waals surface area (Å²) in [6.07, 6.45) is 0.743. The van der Waals surface area contributed by atoms with Crippen LogP contribution >= 0.6 is 0 Å². The molecule has 0 aromatic carbocycles. The van der Waals surface area contributed by atoms with Crippen LogP contribution in [0.3, 0.4) is 0 Å². The third kappa shape index (κ3) is 3.95. The number of H-pyrrole nitrogens is 1. The molecule has 2 N–H and O–H groups in total. The molecule has 2 amide bonds. The third-order valence-corrected chi connectivity index (χ3v) is 2.81. The van der Waals surface area contributed by atoms with E-state index in [1.165, 1.54) is 12.0 Å². The molecule has 0 saturated carbocycles. The van der Waals surface area contributed by atoms with Gasteiger partial charge in [-0.3, -0.25) is 10.4 Å². The van der Waals surface area contributed by atoms with Crippen LogP contribution in [0.15, 0.2) is 0 Å². The fourth-order valence-corrected chi connectivity index (χ4v) is 1.56. The number of carbonyl (C=O) groups is 2. The SMILES string of the molecule is COCCCN(C)C(=O)Nc1n[nH]c(C(=O)OC)c1C. The van der Waals surface area contributed by atoms with Gasteiger partial charge in [-0.1, -0.05) is 0 Å². The number of amides is 2. The Morgan fingerprint density at radius 2 is 2.10 bits per heavy atom. The van der Waals surface area contributed by atoms with Crippen molar-refractivity contribution in [1.82, 2.24) is 15.1 Å². The van der Waals surface area contributed by atoms with Crippen LogP contribution < -0.4 is 5.32 Å². The number of ether oxygens (including phenoxy) is 2. The molecule has 1 heterocycles. The van der Waals surface area contributed by atoms with Gasteiger partial charge < -0.3 is 14.4 Å². The summed E-state index contributed by atoms with van der Waals surface area (Å²) >= 11 is 0. The van der Waals surface area contributed by atoms with E-state index in [2.05, 4.69) is 20.3 Å².